The summed E-state index contributed by atoms with van der Waals surface area (Å²) >= 11 is 0. The van der Waals surface area contributed by atoms with Gasteiger partial charge in [0.25, 0.3) is 0 Å². The molecule has 0 atom stereocenters. The van der Waals surface area contributed by atoms with Crippen molar-refractivity contribution < 1.29 is 14.6 Å². The number of amides is 1. The van der Waals surface area contributed by atoms with Crippen molar-refractivity contribution in [1.29, 1.82) is 0 Å². The number of piperidine rings is 1. The Hall–Kier alpha value is -2.48. The third-order valence-corrected chi connectivity index (χ3v) is 4.91. The molecule has 0 saturated carbocycles. The number of aliphatic imine (C=N–C) groups is 1. The van der Waals surface area contributed by atoms with E-state index in [1.165, 1.54) is 0 Å². The molecule has 29 heavy (non-hydrogen) atoms. The summed E-state index contributed by atoms with van der Waals surface area (Å²) in [5, 5.41) is 19.7. The van der Waals surface area contributed by atoms with E-state index in [9.17, 15) is 9.90 Å². The number of ether oxygens (including phenoxy) is 1. The lowest BCUT2D eigenvalue weighted by atomic mass is 10.1. The van der Waals surface area contributed by atoms with Gasteiger partial charge in [-0.25, -0.2) is 4.99 Å². The van der Waals surface area contributed by atoms with Gasteiger partial charge in [0.05, 0.1) is 20.2 Å². The largest absolute Gasteiger partial charge is 0.508 e. The first-order valence-electron chi connectivity index (χ1n) is 10.5. The Balaban J connectivity index is 1.86. The molecule has 1 aliphatic rings. The topological polar surface area (TPSA) is 98.2 Å². The number of benzene rings is 1. The van der Waals surface area contributed by atoms with Crippen molar-refractivity contribution >= 4 is 11.9 Å². The van der Waals surface area contributed by atoms with Gasteiger partial charge in [0.1, 0.15) is 11.5 Å². The van der Waals surface area contributed by atoms with Crippen molar-refractivity contribution in [2.75, 3.05) is 39.8 Å². The van der Waals surface area contributed by atoms with Crippen molar-refractivity contribution in [1.82, 2.24) is 20.9 Å². The quantitative estimate of drug-likeness (QED) is 0.367. The van der Waals surface area contributed by atoms with Crippen LogP contribution in [0.3, 0.4) is 0 Å². The van der Waals surface area contributed by atoms with Crippen LogP contribution in [-0.2, 0) is 11.3 Å². The lowest BCUT2D eigenvalue weighted by molar-refractivity contribution is -0.122. The number of nitrogens with one attached hydrogen (secondary N) is 3. The van der Waals surface area contributed by atoms with Crippen LogP contribution in [0, 0.1) is 0 Å². The molecule has 4 N–H and O–H groups in total. The summed E-state index contributed by atoms with van der Waals surface area (Å²) in [5.74, 6) is 1.74. The molecule has 1 heterocycles. The highest BCUT2D eigenvalue weighted by Crippen LogP contribution is 2.23. The fourth-order valence-corrected chi connectivity index (χ4v) is 3.25. The summed E-state index contributed by atoms with van der Waals surface area (Å²) in [6.07, 6.45) is 2.86. The summed E-state index contributed by atoms with van der Waals surface area (Å²) in [4.78, 5) is 18.7. The number of phenolic OH excluding ortho intramolecular Hbond substituents is 1. The first-order chi connectivity index (χ1) is 14.0. The Morgan fingerprint density at radius 2 is 2.03 bits per heavy atom. The summed E-state index contributed by atoms with van der Waals surface area (Å²) in [7, 11) is 1.60. The number of hydrogen-bond acceptors (Lipinski definition) is 5. The maximum absolute atomic E-state index is 11.9. The Kier molecular flexibility index (Phi) is 9.56. The predicted molar refractivity (Wildman–Crippen MR) is 115 cm³/mol. The highest BCUT2D eigenvalue weighted by molar-refractivity contribution is 5.80. The standard InChI is InChI=1S/C21H35N5O3/c1-4-10-23-20(28)15-26-11-8-17(9-12-26)25-21(22-5-2)24-14-16-13-18(29-3)6-7-19(16)27/h6-7,13,17,27H,4-5,8-12,14-15H2,1-3H3,(H,23,28)(H2,22,24,25). The van der Waals surface area contributed by atoms with Crippen LogP contribution < -0.4 is 20.7 Å². The molecule has 8 heteroatoms. The molecule has 1 saturated heterocycles. The van der Waals surface area contributed by atoms with Gasteiger partial charge in [0.15, 0.2) is 5.96 Å². The van der Waals surface area contributed by atoms with E-state index in [-0.39, 0.29) is 11.7 Å². The molecule has 0 bridgehead atoms. The number of hydrogen-bond donors (Lipinski definition) is 4. The van der Waals surface area contributed by atoms with E-state index in [0.717, 1.165) is 57.0 Å². The van der Waals surface area contributed by atoms with Gasteiger partial charge < -0.3 is 25.8 Å². The van der Waals surface area contributed by atoms with Gasteiger partial charge in [-0.1, -0.05) is 6.92 Å². The van der Waals surface area contributed by atoms with Gasteiger partial charge in [-0.2, -0.15) is 0 Å². The summed E-state index contributed by atoms with van der Waals surface area (Å²) in [5.41, 5.74) is 0.717. The van der Waals surface area contributed by atoms with Crippen LogP contribution in [0.15, 0.2) is 23.2 Å². The van der Waals surface area contributed by atoms with Crippen molar-refractivity contribution in [3.63, 3.8) is 0 Å². The molecular weight excluding hydrogens is 370 g/mol. The van der Waals surface area contributed by atoms with Crippen LogP contribution in [0.5, 0.6) is 11.5 Å². The second-order valence-corrected chi connectivity index (χ2v) is 7.23. The molecule has 0 aromatic heterocycles. The number of carbonyl (C=O) groups excluding carboxylic acids is 1. The van der Waals surface area contributed by atoms with Crippen molar-refractivity contribution in [2.45, 2.75) is 45.7 Å². The Labute approximate surface area is 173 Å². The van der Waals surface area contributed by atoms with Crippen LogP contribution in [0.4, 0.5) is 0 Å². The highest BCUT2D eigenvalue weighted by atomic mass is 16.5. The summed E-state index contributed by atoms with van der Waals surface area (Å²) in [6, 6.07) is 5.45. The molecule has 1 aromatic carbocycles. The van der Waals surface area contributed by atoms with Crippen LogP contribution in [0.1, 0.15) is 38.7 Å². The minimum Gasteiger partial charge on any atom is -0.508 e. The summed E-state index contributed by atoms with van der Waals surface area (Å²) in [6.45, 7) is 8.16. The molecule has 0 unspecified atom stereocenters. The number of phenols is 1. The van der Waals surface area contributed by atoms with E-state index < -0.39 is 0 Å². The molecular formula is C21H35N5O3. The van der Waals surface area contributed by atoms with E-state index in [4.69, 9.17) is 4.74 Å². The van der Waals surface area contributed by atoms with Crippen molar-refractivity contribution in [3.8, 4) is 11.5 Å². The first kappa shape index (κ1) is 22.8. The fourth-order valence-electron chi connectivity index (χ4n) is 3.25. The minimum absolute atomic E-state index is 0.103. The Bertz CT molecular complexity index is 672. The maximum Gasteiger partial charge on any atom is 0.234 e. The third-order valence-electron chi connectivity index (χ3n) is 4.91. The zero-order valence-electron chi connectivity index (χ0n) is 17.8. The molecule has 162 valence electrons. The monoisotopic (exact) mass is 405 g/mol. The molecule has 8 nitrogen and oxygen atoms in total. The molecule has 0 spiro atoms. The number of rotatable bonds is 9. The van der Waals surface area contributed by atoms with Crippen LogP contribution in [0.25, 0.3) is 0 Å². The number of nitrogens with zero attached hydrogens (tertiary/aromatic N) is 2. The predicted octanol–water partition coefficient (Wildman–Crippen LogP) is 1.45. The third kappa shape index (κ3) is 7.81. The van der Waals surface area contributed by atoms with Gasteiger partial charge in [0.2, 0.25) is 5.91 Å². The molecule has 2 rings (SSSR count). The molecule has 1 fully saturated rings. The van der Waals surface area contributed by atoms with Gasteiger partial charge in [-0.3, -0.25) is 9.69 Å². The SMILES string of the molecule is CCCNC(=O)CN1CCC(NC(=NCc2cc(OC)ccc2O)NCC)CC1. The smallest absolute Gasteiger partial charge is 0.234 e. The Morgan fingerprint density at radius 3 is 2.69 bits per heavy atom. The van der Waals surface area contributed by atoms with Gasteiger partial charge in [-0.15, -0.1) is 0 Å². The summed E-state index contributed by atoms with van der Waals surface area (Å²) < 4.78 is 5.22. The Morgan fingerprint density at radius 1 is 1.28 bits per heavy atom. The zero-order valence-corrected chi connectivity index (χ0v) is 17.8. The number of carbonyl (C=O) groups is 1. The van der Waals surface area contributed by atoms with Gasteiger partial charge in [0, 0.05) is 37.8 Å². The lowest BCUT2D eigenvalue weighted by Crippen LogP contribution is -2.50. The number of methoxy groups -OCH3 is 1. The van der Waals surface area contributed by atoms with Crippen LogP contribution >= 0.6 is 0 Å². The molecule has 1 aliphatic heterocycles. The van der Waals surface area contributed by atoms with E-state index in [2.05, 4.69) is 32.8 Å². The van der Waals surface area contributed by atoms with Gasteiger partial charge >= 0.3 is 0 Å². The molecule has 1 amide bonds. The van der Waals surface area contributed by atoms with Crippen LogP contribution in [0.2, 0.25) is 0 Å². The van der Waals surface area contributed by atoms with E-state index in [0.29, 0.717) is 24.9 Å². The van der Waals surface area contributed by atoms with Crippen molar-refractivity contribution in [3.05, 3.63) is 23.8 Å². The minimum atomic E-state index is 0.103. The average Bonchev–Trinajstić information content (AvgIpc) is 2.73. The normalized spacial score (nSPS) is 15.8. The maximum atomic E-state index is 11.9. The average molecular weight is 406 g/mol. The second-order valence-electron chi connectivity index (χ2n) is 7.23. The molecule has 0 radical (unpaired) electrons. The fraction of sp³-hybridized carbons (Fsp3) is 0.619. The van der Waals surface area contributed by atoms with Gasteiger partial charge in [-0.05, 0) is 44.4 Å². The molecule has 0 aliphatic carbocycles. The van der Waals surface area contributed by atoms with E-state index in [1.54, 1.807) is 25.3 Å². The molecule has 1 aromatic rings. The number of likely N-dealkylation sites (tertiary alicyclic amines) is 1. The number of aromatic hydroxyl groups is 1. The lowest BCUT2D eigenvalue weighted by Gasteiger charge is -2.32. The second kappa shape index (κ2) is 12.2. The van der Waals surface area contributed by atoms with Crippen LogP contribution in [-0.4, -0.2) is 67.7 Å². The number of guanidine groups is 1. The zero-order chi connectivity index (χ0) is 21.1. The van der Waals surface area contributed by atoms with E-state index >= 15 is 0 Å². The first-order valence-corrected chi connectivity index (χ1v) is 10.5. The highest BCUT2D eigenvalue weighted by Gasteiger charge is 2.21. The van der Waals surface area contributed by atoms with Crippen molar-refractivity contribution in [2.24, 2.45) is 4.99 Å². The van der Waals surface area contributed by atoms with E-state index in [1.807, 2.05) is 6.92 Å².